The molecule has 0 saturated heterocycles. The number of carboxylic acids is 1. The van der Waals surface area contributed by atoms with Crippen molar-refractivity contribution >= 4 is 37.3 Å². The van der Waals surface area contributed by atoms with E-state index in [-0.39, 0.29) is 10.6 Å². The first kappa shape index (κ1) is 12.3. The van der Waals surface area contributed by atoms with E-state index in [0.717, 1.165) is 0 Å². The summed E-state index contributed by atoms with van der Waals surface area (Å²) in [5.74, 6) is -1.38. The van der Waals surface area contributed by atoms with Crippen molar-refractivity contribution in [2.24, 2.45) is 0 Å². The minimum atomic E-state index is -4.17. The summed E-state index contributed by atoms with van der Waals surface area (Å²) in [5, 5.41) is 8.65. The number of rotatable bonds is 2. The fourth-order valence-electron chi connectivity index (χ4n) is 1.16. The van der Waals surface area contributed by atoms with Crippen LogP contribution in [0.5, 0.6) is 0 Å². The predicted molar refractivity (Wildman–Crippen MR) is 56.2 cm³/mol. The number of aromatic carboxylic acids is 1. The molecular weight excluding hydrogens is 263 g/mol. The summed E-state index contributed by atoms with van der Waals surface area (Å²) in [6.07, 6.45) is 0. The molecule has 1 aromatic rings. The second kappa shape index (κ2) is 4.00. The van der Waals surface area contributed by atoms with Gasteiger partial charge in [-0.05, 0) is 18.6 Å². The Morgan fingerprint density at radius 3 is 2.27 bits per heavy atom. The maximum atomic E-state index is 11.1. The van der Waals surface area contributed by atoms with Crippen LogP contribution in [0.15, 0.2) is 17.0 Å². The molecule has 1 rings (SSSR count). The molecule has 0 radical (unpaired) electrons. The van der Waals surface area contributed by atoms with Gasteiger partial charge < -0.3 is 5.11 Å². The number of aryl methyl sites for hydroxylation is 1. The van der Waals surface area contributed by atoms with Gasteiger partial charge in [0.2, 0.25) is 0 Å². The zero-order chi connectivity index (χ0) is 11.8. The molecule has 0 unspecified atom stereocenters. The minimum absolute atomic E-state index is 0.201. The van der Waals surface area contributed by atoms with Gasteiger partial charge >= 0.3 is 5.97 Å². The van der Waals surface area contributed by atoms with Gasteiger partial charge in [0, 0.05) is 10.7 Å². The molecule has 0 heterocycles. The molecule has 0 amide bonds. The van der Waals surface area contributed by atoms with Gasteiger partial charge in [-0.25, -0.2) is 13.2 Å². The van der Waals surface area contributed by atoms with E-state index in [1.807, 2.05) is 0 Å². The van der Waals surface area contributed by atoms with Crippen molar-refractivity contribution in [2.45, 2.75) is 11.8 Å². The average molecular weight is 269 g/mol. The van der Waals surface area contributed by atoms with Crippen molar-refractivity contribution in [3.8, 4) is 0 Å². The van der Waals surface area contributed by atoms with E-state index in [1.54, 1.807) is 0 Å². The molecule has 0 aliphatic rings. The molecule has 0 atom stereocenters. The van der Waals surface area contributed by atoms with Crippen LogP contribution in [0.25, 0.3) is 0 Å². The highest BCUT2D eigenvalue weighted by molar-refractivity contribution is 8.13. The highest BCUT2D eigenvalue weighted by Crippen LogP contribution is 2.30. The molecule has 0 saturated carbocycles. The van der Waals surface area contributed by atoms with Crippen LogP contribution in [0.2, 0.25) is 5.02 Å². The van der Waals surface area contributed by atoms with E-state index in [9.17, 15) is 13.2 Å². The van der Waals surface area contributed by atoms with Crippen molar-refractivity contribution in [2.75, 3.05) is 0 Å². The Morgan fingerprint density at radius 2 is 1.93 bits per heavy atom. The lowest BCUT2D eigenvalue weighted by Crippen LogP contribution is -2.08. The number of hydrogen-bond acceptors (Lipinski definition) is 3. The molecule has 7 heteroatoms. The first-order valence-corrected chi connectivity index (χ1v) is 6.41. The van der Waals surface area contributed by atoms with E-state index < -0.39 is 25.5 Å². The van der Waals surface area contributed by atoms with Crippen LogP contribution < -0.4 is 0 Å². The Morgan fingerprint density at radius 1 is 1.40 bits per heavy atom. The van der Waals surface area contributed by atoms with Crippen LogP contribution in [0.4, 0.5) is 0 Å². The zero-order valence-electron chi connectivity index (χ0n) is 7.49. The molecule has 0 fully saturated rings. The van der Waals surface area contributed by atoms with Crippen molar-refractivity contribution in [3.05, 3.63) is 28.3 Å². The Balaban J connectivity index is 3.76. The highest BCUT2D eigenvalue weighted by Gasteiger charge is 2.25. The second-order valence-corrected chi connectivity index (χ2v) is 5.72. The van der Waals surface area contributed by atoms with E-state index in [0.29, 0.717) is 0 Å². The van der Waals surface area contributed by atoms with Crippen LogP contribution in [0, 0.1) is 6.92 Å². The van der Waals surface area contributed by atoms with E-state index in [4.69, 9.17) is 27.4 Å². The van der Waals surface area contributed by atoms with Crippen LogP contribution in [-0.4, -0.2) is 19.5 Å². The summed E-state index contributed by atoms with van der Waals surface area (Å²) in [5.41, 5.74) is -0.108. The fourth-order valence-corrected chi connectivity index (χ4v) is 3.01. The van der Waals surface area contributed by atoms with Crippen molar-refractivity contribution in [1.82, 2.24) is 0 Å². The Kier molecular flexibility index (Phi) is 3.28. The number of carbonyl (C=O) groups is 1. The number of benzene rings is 1. The monoisotopic (exact) mass is 268 g/mol. The molecule has 15 heavy (non-hydrogen) atoms. The van der Waals surface area contributed by atoms with Crippen molar-refractivity contribution in [1.29, 1.82) is 0 Å². The molecule has 4 nitrogen and oxygen atoms in total. The molecule has 0 aliphatic heterocycles. The summed E-state index contributed by atoms with van der Waals surface area (Å²) in [6, 6.07) is 2.70. The summed E-state index contributed by atoms with van der Waals surface area (Å²) in [7, 11) is 0.937. The first-order valence-electron chi connectivity index (χ1n) is 3.72. The third-order valence-electron chi connectivity index (χ3n) is 1.78. The quantitative estimate of drug-likeness (QED) is 0.836. The third-order valence-corrected chi connectivity index (χ3v) is 3.58. The molecule has 82 valence electrons. The Hall–Kier alpha value is -0.780. The number of hydrogen-bond donors (Lipinski definition) is 1. The van der Waals surface area contributed by atoms with Gasteiger partial charge in [0.25, 0.3) is 9.05 Å². The summed E-state index contributed by atoms with van der Waals surface area (Å²) in [4.78, 5) is 10.3. The first-order chi connectivity index (χ1) is 6.75. The fraction of sp³-hybridized carbons (Fsp3) is 0.125. The van der Waals surface area contributed by atoms with Crippen LogP contribution >= 0.6 is 22.3 Å². The largest absolute Gasteiger partial charge is 0.478 e. The van der Waals surface area contributed by atoms with Crippen LogP contribution in [-0.2, 0) is 9.05 Å². The lowest BCUT2D eigenvalue weighted by Gasteiger charge is -2.07. The van der Waals surface area contributed by atoms with Gasteiger partial charge in [0.15, 0.2) is 0 Å². The topological polar surface area (TPSA) is 71.4 Å². The standard InChI is InChI=1S/C8H6Cl2O4S/c1-4-2-3-5(9)7(15(10,13)14)6(4)8(11)12/h2-3H,1H3,(H,11,12). The molecule has 0 aromatic heterocycles. The maximum Gasteiger partial charge on any atom is 0.337 e. The number of halogens is 2. The Labute approximate surface area is 95.9 Å². The lowest BCUT2D eigenvalue weighted by molar-refractivity contribution is 0.0692. The second-order valence-electron chi connectivity index (χ2n) is 2.81. The zero-order valence-corrected chi connectivity index (χ0v) is 9.82. The summed E-state index contributed by atoms with van der Waals surface area (Å²) >= 11 is 5.60. The normalized spacial score (nSPS) is 11.4. The lowest BCUT2D eigenvalue weighted by atomic mass is 10.1. The number of carboxylic acid groups (broad SMARTS) is 1. The molecule has 0 spiro atoms. The summed E-state index contributed by atoms with van der Waals surface area (Å²) in [6.45, 7) is 1.46. The summed E-state index contributed by atoms with van der Waals surface area (Å²) < 4.78 is 22.3. The van der Waals surface area contributed by atoms with E-state index in [2.05, 4.69) is 0 Å². The SMILES string of the molecule is Cc1ccc(Cl)c(S(=O)(=O)Cl)c1C(=O)O. The van der Waals surface area contributed by atoms with Gasteiger partial charge in [-0.15, -0.1) is 0 Å². The van der Waals surface area contributed by atoms with E-state index >= 15 is 0 Å². The maximum absolute atomic E-state index is 11.1. The molecule has 0 aliphatic carbocycles. The van der Waals surface area contributed by atoms with Gasteiger partial charge in [-0.2, -0.15) is 0 Å². The van der Waals surface area contributed by atoms with Crippen LogP contribution in [0.1, 0.15) is 15.9 Å². The van der Waals surface area contributed by atoms with Crippen molar-refractivity contribution in [3.63, 3.8) is 0 Å². The minimum Gasteiger partial charge on any atom is -0.478 e. The van der Waals surface area contributed by atoms with Gasteiger partial charge in [0.05, 0.1) is 10.6 Å². The van der Waals surface area contributed by atoms with Gasteiger partial charge in [-0.3, -0.25) is 0 Å². The Bertz CT molecular complexity index is 522. The van der Waals surface area contributed by atoms with Crippen LogP contribution in [0.3, 0.4) is 0 Å². The van der Waals surface area contributed by atoms with E-state index in [1.165, 1.54) is 19.1 Å². The average Bonchev–Trinajstić information content (AvgIpc) is 2.05. The molecule has 0 bridgehead atoms. The van der Waals surface area contributed by atoms with Gasteiger partial charge in [-0.1, -0.05) is 17.7 Å². The smallest absolute Gasteiger partial charge is 0.337 e. The predicted octanol–water partition coefficient (Wildman–Crippen LogP) is 2.27. The third kappa shape index (κ3) is 2.42. The van der Waals surface area contributed by atoms with Crippen molar-refractivity contribution < 1.29 is 18.3 Å². The molecular formula is C8H6Cl2O4S. The molecule has 1 aromatic carbocycles. The van der Waals surface area contributed by atoms with Gasteiger partial charge in [0.1, 0.15) is 4.90 Å². The highest BCUT2D eigenvalue weighted by atomic mass is 35.7. The molecule has 1 N–H and O–H groups in total.